The summed E-state index contributed by atoms with van der Waals surface area (Å²) >= 11 is 1.44. The van der Waals surface area contributed by atoms with E-state index in [4.69, 9.17) is 10.00 Å². The van der Waals surface area contributed by atoms with Gasteiger partial charge in [0.05, 0.1) is 17.4 Å². The summed E-state index contributed by atoms with van der Waals surface area (Å²) in [6, 6.07) is 16.6. The van der Waals surface area contributed by atoms with E-state index in [0.717, 1.165) is 5.56 Å². The molecule has 2 aromatic carbocycles. The molecule has 25 heavy (non-hydrogen) atoms. The van der Waals surface area contributed by atoms with Gasteiger partial charge in [-0.25, -0.2) is 0 Å². The molecule has 0 atom stereocenters. The summed E-state index contributed by atoms with van der Waals surface area (Å²) in [4.78, 5) is 23.4. The minimum Gasteiger partial charge on any atom is -0.455 e. The molecule has 0 saturated heterocycles. The van der Waals surface area contributed by atoms with E-state index in [0.29, 0.717) is 17.0 Å². The summed E-state index contributed by atoms with van der Waals surface area (Å²) in [6.07, 6.45) is 0. The third kappa shape index (κ3) is 6.69. The van der Waals surface area contributed by atoms with Crippen molar-refractivity contribution in [2.75, 3.05) is 17.7 Å². The molecule has 5 nitrogen and oxygen atoms in total. The van der Waals surface area contributed by atoms with Crippen LogP contribution in [-0.2, 0) is 20.1 Å². The minimum atomic E-state index is -0.424. The second-order valence-electron chi connectivity index (χ2n) is 5.38. The number of carbonyl (C=O) groups excluding carboxylic acids is 2. The number of esters is 1. The number of nitrogens with one attached hydrogen (secondary N) is 1. The Morgan fingerprint density at radius 3 is 2.44 bits per heavy atom. The Morgan fingerprint density at radius 1 is 1.12 bits per heavy atom. The molecule has 0 aromatic heterocycles. The summed E-state index contributed by atoms with van der Waals surface area (Å²) in [7, 11) is 0. The number of hydrogen-bond acceptors (Lipinski definition) is 5. The number of anilines is 1. The quantitative estimate of drug-likeness (QED) is 0.772. The Labute approximate surface area is 151 Å². The largest absolute Gasteiger partial charge is 0.455 e. The number of hydrogen-bond donors (Lipinski definition) is 1. The number of amides is 1. The van der Waals surface area contributed by atoms with E-state index in [-0.39, 0.29) is 12.4 Å². The van der Waals surface area contributed by atoms with Gasteiger partial charge in [-0.3, -0.25) is 9.59 Å². The first-order valence-electron chi connectivity index (χ1n) is 7.66. The maximum Gasteiger partial charge on any atom is 0.316 e. The first kappa shape index (κ1) is 18.6. The maximum absolute atomic E-state index is 11.7. The second kappa shape index (κ2) is 9.50. The maximum atomic E-state index is 11.7. The highest BCUT2D eigenvalue weighted by Gasteiger charge is 2.08. The summed E-state index contributed by atoms with van der Waals surface area (Å²) in [5.41, 5.74) is 3.40. The van der Waals surface area contributed by atoms with Crippen LogP contribution in [-0.4, -0.2) is 24.2 Å². The van der Waals surface area contributed by atoms with Crippen LogP contribution in [0.5, 0.6) is 0 Å². The van der Waals surface area contributed by atoms with E-state index in [9.17, 15) is 9.59 Å². The molecule has 2 aromatic rings. The molecule has 1 N–H and O–H groups in total. The molecule has 0 heterocycles. The van der Waals surface area contributed by atoms with Gasteiger partial charge in [0.1, 0.15) is 0 Å². The Morgan fingerprint density at radius 2 is 1.80 bits per heavy atom. The molecule has 0 unspecified atom stereocenters. The predicted molar refractivity (Wildman–Crippen MR) is 98.1 cm³/mol. The van der Waals surface area contributed by atoms with Crippen LogP contribution in [0, 0.1) is 18.3 Å². The van der Waals surface area contributed by atoms with Crippen molar-refractivity contribution >= 4 is 29.3 Å². The van der Waals surface area contributed by atoms with Gasteiger partial charge in [-0.05, 0) is 36.8 Å². The molecule has 0 radical (unpaired) electrons. The molecule has 0 aliphatic rings. The molecule has 2 rings (SSSR count). The highest BCUT2D eigenvalue weighted by atomic mass is 32.2. The van der Waals surface area contributed by atoms with Crippen LogP contribution in [0.1, 0.15) is 16.7 Å². The number of nitriles is 1. The first-order valence-corrected chi connectivity index (χ1v) is 8.81. The van der Waals surface area contributed by atoms with Crippen molar-refractivity contribution in [1.82, 2.24) is 0 Å². The van der Waals surface area contributed by atoms with Gasteiger partial charge < -0.3 is 10.1 Å². The number of benzene rings is 2. The van der Waals surface area contributed by atoms with Crippen LogP contribution in [0.3, 0.4) is 0 Å². The molecular formula is C19H18N2O3S. The van der Waals surface area contributed by atoms with Crippen molar-refractivity contribution in [2.45, 2.75) is 12.7 Å². The molecule has 128 valence electrons. The highest BCUT2D eigenvalue weighted by molar-refractivity contribution is 7.99. The zero-order chi connectivity index (χ0) is 18.1. The SMILES string of the molecule is Cc1ccc(CSCC(=O)OCC(=O)Nc2ccc(C#N)cc2)cc1. The smallest absolute Gasteiger partial charge is 0.316 e. The normalized spacial score (nSPS) is 9.92. The van der Waals surface area contributed by atoms with Gasteiger partial charge in [-0.1, -0.05) is 29.8 Å². The van der Waals surface area contributed by atoms with Gasteiger partial charge >= 0.3 is 5.97 Å². The standard InChI is InChI=1S/C19H18N2O3S/c1-14-2-4-16(5-3-14)12-25-13-19(23)24-11-18(22)21-17-8-6-15(10-20)7-9-17/h2-9H,11-13H2,1H3,(H,21,22). The average molecular weight is 354 g/mol. The third-order valence-corrected chi connectivity index (χ3v) is 4.25. The van der Waals surface area contributed by atoms with E-state index in [1.165, 1.54) is 17.3 Å². The first-order chi connectivity index (χ1) is 12.1. The van der Waals surface area contributed by atoms with Crippen molar-refractivity contribution in [2.24, 2.45) is 0 Å². The fraction of sp³-hybridized carbons (Fsp3) is 0.211. The zero-order valence-corrected chi connectivity index (χ0v) is 14.6. The van der Waals surface area contributed by atoms with Crippen LogP contribution in [0.4, 0.5) is 5.69 Å². The predicted octanol–water partition coefficient (Wildman–Crippen LogP) is 3.28. The lowest BCUT2D eigenvalue weighted by Gasteiger charge is -2.07. The molecular weight excluding hydrogens is 336 g/mol. The summed E-state index contributed by atoms with van der Waals surface area (Å²) in [5, 5.41) is 11.3. The van der Waals surface area contributed by atoms with Crippen molar-refractivity contribution in [3.63, 3.8) is 0 Å². The zero-order valence-electron chi connectivity index (χ0n) is 13.8. The number of aryl methyl sites for hydroxylation is 1. The summed E-state index contributed by atoms with van der Waals surface area (Å²) in [6.45, 7) is 1.70. The molecule has 0 aliphatic heterocycles. The lowest BCUT2D eigenvalue weighted by atomic mass is 10.2. The van der Waals surface area contributed by atoms with Crippen LogP contribution in [0.25, 0.3) is 0 Å². The lowest BCUT2D eigenvalue weighted by molar-refractivity contribution is -0.144. The summed E-state index contributed by atoms with van der Waals surface area (Å²) in [5.74, 6) is 0.0684. The van der Waals surface area contributed by atoms with Crippen molar-refractivity contribution < 1.29 is 14.3 Å². The Kier molecular flexibility index (Phi) is 7.05. The fourth-order valence-corrected chi connectivity index (χ4v) is 2.73. The number of rotatable bonds is 7. The third-order valence-electron chi connectivity index (χ3n) is 3.27. The van der Waals surface area contributed by atoms with Gasteiger partial charge in [0.25, 0.3) is 5.91 Å². The van der Waals surface area contributed by atoms with E-state index in [1.54, 1.807) is 24.3 Å². The van der Waals surface area contributed by atoms with Gasteiger partial charge in [0.2, 0.25) is 0 Å². The fourth-order valence-electron chi connectivity index (χ4n) is 1.95. The average Bonchev–Trinajstić information content (AvgIpc) is 2.62. The van der Waals surface area contributed by atoms with Crippen LogP contribution in [0.15, 0.2) is 48.5 Å². The van der Waals surface area contributed by atoms with Crippen LogP contribution in [0.2, 0.25) is 0 Å². The molecule has 6 heteroatoms. The van der Waals surface area contributed by atoms with Gasteiger partial charge in [-0.15, -0.1) is 11.8 Å². The Balaban J connectivity index is 1.65. The highest BCUT2D eigenvalue weighted by Crippen LogP contribution is 2.13. The van der Waals surface area contributed by atoms with E-state index < -0.39 is 11.9 Å². The summed E-state index contributed by atoms with van der Waals surface area (Å²) < 4.78 is 4.95. The molecule has 1 amide bonds. The molecule has 0 saturated carbocycles. The van der Waals surface area contributed by atoms with Crippen LogP contribution >= 0.6 is 11.8 Å². The molecule has 0 fully saturated rings. The number of nitrogens with zero attached hydrogens (tertiary/aromatic N) is 1. The van der Waals surface area contributed by atoms with Gasteiger partial charge in [-0.2, -0.15) is 5.26 Å². The van der Waals surface area contributed by atoms with Gasteiger partial charge in [0, 0.05) is 11.4 Å². The Bertz CT molecular complexity index is 765. The minimum absolute atomic E-state index is 0.192. The van der Waals surface area contributed by atoms with Crippen LogP contribution < -0.4 is 5.32 Å². The topological polar surface area (TPSA) is 79.2 Å². The Hall–Kier alpha value is -2.78. The molecule has 0 spiro atoms. The number of carbonyl (C=O) groups is 2. The van der Waals surface area contributed by atoms with E-state index in [2.05, 4.69) is 5.32 Å². The monoisotopic (exact) mass is 354 g/mol. The lowest BCUT2D eigenvalue weighted by Crippen LogP contribution is -2.21. The van der Waals surface area contributed by atoms with Crippen molar-refractivity contribution in [3.8, 4) is 6.07 Å². The second-order valence-corrected chi connectivity index (χ2v) is 6.36. The van der Waals surface area contributed by atoms with Crippen molar-refractivity contribution in [3.05, 3.63) is 65.2 Å². The van der Waals surface area contributed by atoms with E-state index in [1.807, 2.05) is 37.3 Å². The molecule has 0 bridgehead atoms. The van der Waals surface area contributed by atoms with Crippen molar-refractivity contribution in [1.29, 1.82) is 5.26 Å². The van der Waals surface area contributed by atoms with Gasteiger partial charge in [0.15, 0.2) is 6.61 Å². The van der Waals surface area contributed by atoms with E-state index >= 15 is 0 Å². The number of ether oxygens (including phenoxy) is 1. The molecule has 0 aliphatic carbocycles. The number of thioether (sulfide) groups is 1.